The quantitative estimate of drug-likeness (QED) is 0.678. The highest BCUT2D eigenvalue weighted by Crippen LogP contribution is 2.34. The first-order valence-electron chi connectivity index (χ1n) is 5.96. The van der Waals surface area contributed by atoms with E-state index in [1.807, 2.05) is 31.2 Å². The van der Waals surface area contributed by atoms with Crippen molar-refractivity contribution in [1.82, 2.24) is 19.6 Å². The zero-order valence-electron chi connectivity index (χ0n) is 10.8. The molecule has 0 radical (unpaired) electrons. The van der Waals surface area contributed by atoms with Gasteiger partial charge in [0.1, 0.15) is 11.4 Å². The highest BCUT2D eigenvalue weighted by atomic mass is 32.2. The SMILES string of the molecule is Cc1ccccc1Sc1cc(C(F)(F)F)nc2ncnn12. The highest BCUT2D eigenvalue weighted by Gasteiger charge is 2.34. The lowest BCUT2D eigenvalue weighted by Gasteiger charge is -2.10. The van der Waals surface area contributed by atoms with Crippen LogP contribution in [-0.2, 0) is 6.18 Å². The van der Waals surface area contributed by atoms with Crippen molar-refractivity contribution in [3.05, 3.63) is 47.9 Å². The van der Waals surface area contributed by atoms with Gasteiger partial charge in [0.2, 0.25) is 0 Å². The predicted molar refractivity (Wildman–Crippen MR) is 71.1 cm³/mol. The lowest BCUT2D eigenvalue weighted by atomic mass is 10.2. The smallest absolute Gasteiger partial charge is 0.206 e. The van der Waals surface area contributed by atoms with Crippen LogP contribution < -0.4 is 0 Å². The second-order valence-electron chi connectivity index (χ2n) is 4.32. The summed E-state index contributed by atoms with van der Waals surface area (Å²) in [7, 11) is 0. The summed E-state index contributed by atoms with van der Waals surface area (Å²) >= 11 is 1.20. The Bertz CT molecular complexity index is 797. The summed E-state index contributed by atoms with van der Waals surface area (Å²) in [6, 6.07) is 8.43. The number of aryl methyl sites for hydroxylation is 1. The predicted octanol–water partition coefficient (Wildman–Crippen LogP) is 3.60. The average Bonchev–Trinajstić information content (AvgIpc) is 2.89. The Kier molecular flexibility index (Phi) is 3.32. The van der Waals surface area contributed by atoms with Crippen molar-refractivity contribution in [3.8, 4) is 0 Å². The Morgan fingerprint density at radius 1 is 1.19 bits per heavy atom. The Labute approximate surface area is 122 Å². The van der Waals surface area contributed by atoms with Gasteiger partial charge in [0.05, 0.1) is 0 Å². The summed E-state index contributed by atoms with van der Waals surface area (Å²) in [5, 5.41) is 4.24. The summed E-state index contributed by atoms with van der Waals surface area (Å²) in [6.07, 6.45) is -3.33. The highest BCUT2D eigenvalue weighted by molar-refractivity contribution is 7.99. The van der Waals surface area contributed by atoms with Crippen molar-refractivity contribution in [3.63, 3.8) is 0 Å². The van der Waals surface area contributed by atoms with Crippen LogP contribution in [0, 0.1) is 6.92 Å². The van der Waals surface area contributed by atoms with Gasteiger partial charge < -0.3 is 0 Å². The topological polar surface area (TPSA) is 43.1 Å². The van der Waals surface area contributed by atoms with E-state index in [-0.39, 0.29) is 5.78 Å². The first kappa shape index (κ1) is 13.9. The molecule has 0 bridgehead atoms. The monoisotopic (exact) mass is 310 g/mol. The number of halogens is 3. The number of hydrogen-bond acceptors (Lipinski definition) is 4. The number of rotatable bonds is 2. The van der Waals surface area contributed by atoms with Crippen molar-refractivity contribution in [1.29, 1.82) is 0 Å². The first-order chi connectivity index (χ1) is 9.95. The van der Waals surface area contributed by atoms with E-state index in [0.29, 0.717) is 5.03 Å². The summed E-state index contributed by atoms with van der Waals surface area (Å²) in [5.74, 6) is -0.0686. The minimum absolute atomic E-state index is 0.0686. The Balaban J connectivity index is 2.13. The molecule has 0 aliphatic heterocycles. The molecule has 2 aromatic heterocycles. The van der Waals surface area contributed by atoms with Gasteiger partial charge in [0.15, 0.2) is 5.69 Å². The van der Waals surface area contributed by atoms with Crippen molar-refractivity contribution < 1.29 is 13.2 Å². The van der Waals surface area contributed by atoms with E-state index in [1.54, 1.807) is 0 Å². The van der Waals surface area contributed by atoms with E-state index >= 15 is 0 Å². The Morgan fingerprint density at radius 2 is 1.95 bits per heavy atom. The maximum atomic E-state index is 12.9. The van der Waals surface area contributed by atoms with Crippen LogP contribution in [0.1, 0.15) is 11.3 Å². The molecule has 0 atom stereocenters. The summed E-state index contributed by atoms with van der Waals surface area (Å²) in [6.45, 7) is 1.90. The van der Waals surface area contributed by atoms with Gasteiger partial charge in [-0.1, -0.05) is 30.0 Å². The van der Waals surface area contributed by atoms with Gasteiger partial charge >= 0.3 is 6.18 Å². The van der Waals surface area contributed by atoms with Crippen molar-refractivity contribution >= 4 is 17.5 Å². The van der Waals surface area contributed by atoms with Crippen molar-refractivity contribution in [2.24, 2.45) is 0 Å². The second kappa shape index (κ2) is 5.03. The second-order valence-corrected chi connectivity index (χ2v) is 5.38. The van der Waals surface area contributed by atoms with E-state index in [1.165, 1.54) is 22.6 Å². The molecule has 0 unspecified atom stereocenters. The molecule has 0 N–H and O–H groups in total. The van der Waals surface area contributed by atoms with E-state index in [9.17, 15) is 13.2 Å². The Morgan fingerprint density at radius 3 is 2.67 bits per heavy atom. The fraction of sp³-hybridized carbons (Fsp3) is 0.154. The van der Waals surface area contributed by atoms with Crippen LogP contribution in [0.25, 0.3) is 5.78 Å². The minimum atomic E-state index is -4.52. The maximum absolute atomic E-state index is 12.9. The molecule has 0 saturated heterocycles. The number of aromatic nitrogens is 4. The molecule has 0 spiro atoms. The molecular weight excluding hydrogens is 301 g/mol. The van der Waals surface area contributed by atoms with Crippen LogP contribution in [0.5, 0.6) is 0 Å². The van der Waals surface area contributed by atoms with E-state index in [2.05, 4.69) is 15.1 Å². The van der Waals surface area contributed by atoms with Crippen LogP contribution in [0.2, 0.25) is 0 Å². The van der Waals surface area contributed by atoms with Crippen LogP contribution in [0.15, 0.2) is 46.6 Å². The molecule has 0 amide bonds. The van der Waals surface area contributed by atoms with Gasteiger partial charge in [0, 0.05) is 11.0 Å². The lowest BCUT2D eigenvalue weighted by molar-refractivity contribution is -0.141. The number of fused-ring (bicyclic) bond motifs is 1. The third-order valence-corrected chi connectivity index (χ3v) is 4.00. The minimum Gasteiger partial charge on any atom is -0.206 e. The molecular formula is C13H9F3N4S. The van der Waals surface area contributed by atoms with E-state index in [4.69, 9.17) is 0 Å². The summed E-state index contributed by atoms with van der Waals surface area (Å²) in [4.78, 5) is 8.08. The molecule has 108 valence electrons. The zero-order chi connectivity index (χ0) is 15.0. The third-order valence-electron chi connectivity index (χ3n) is 2.82. The van der Waals surface area contributed by atoms with Crippen LogP contribution in [0.3, 0.4) is 0 Å². The van der Waals surface area contributed by atoms with Gasteiger partial charge in [-0.2, -0.15) is 27.8 Å². The molecule has 3 rings (SSSR count). The molecule has 4 nitrogen and oxygen atoms in total. The third kappa shape index (κ3) is 2.71. The lowest BCUT2D eigenvalue weighted by Crippen LogP contribution is -2.10. The first-order valence-corrected chi connectivity index (χ1v) is 6.78. The van der Waals surface area contributed by atoms with Gasteiger partial charge in [-0.05, 0) is 18.6 Å². The maximum Gasteiger partial charge on any atom is 0.433 e. The summed E-state index contributed by atoms with van der Waals surface area (Å²) in [5.41, 5.74) is 0.000204. The molecule has 1 aromatic carbocycles. The van der Waals surface area contributed by atoms with E-state index < -0.39 is 11.9 Å². The molecule has 3 aromatic rings. The largest absolute Gasteiger partial charge is 0.433 e. The molecule has 8 heteroatoms. The van der Waals surface area contributed by atoms with Gasteiger partial charge in [-0.25, -0.2) is 4.98 Å². The average molecular weight is 310 g/mol. The van der Waals surface area contributed by atoms with Crippen molar-refractivity contribution in [2.75, 3.05) is 0 Å². The molecule has 21 heavy (non-hydrogen) atoms. The van der Waals surface area contributed by atoms with Gasteiger partial charge in [-0.3, -0.25) is 0 Å². The van der Waals surface area contributed by atoms with E-state index in [0.717, 1.165) is 16.5 Å². The van der Waals surface area contributed by atoms with Crippen LogP contribution in [0.4, 0.5) is 13.2 Å². The summed E-state index contributed by atoms with van der Waals surface area (Å²) < 4.78 is 40.0. The fourth-order valence-corrected chi connectivity index (χ4v) is 2.77. The number of benzene rings is 1. The number of nitrogens with zero attached hydrogens (tertiary/aromatic N) is 4. The van der Waals surface area contributed by atoms with Crippen LogP contribution in [-0.4, -0.2) is 19.6 Å². The standard InChI is InChI=1S/C13H9F3N4S/c1-8-4-2-3-5-9(8)21-11-6-10(13(14,15)16)19-12-17-7-18-20(11)12/h2-7H,1H3. The molecule has 0 fully saturated rings. The normalized spacial score (nSPS) is 12.0. The van der Waals surface area contributed by atoms with Crippen LogP contribution >= 0.6 is 11.8 Å². The van der Waals surface area contributed by atoms with Gasteiger partial charge in [-0.15, -0.1) is 0 Å². The number of alkyl halides is 3. The van der Waals surface area contributed by atoms with Gasteiger partial charge in [0.25, 0.3) is 5.78 Å². The fourth-order valence-electron chi connectivity index (χ4n) is 1.79. The molecule has 0 aliphatic carbocycles. The number of hydrogen-bond donors (Lipinski definition) is 0. The molecule has 2 heterocycles. The molecule has 0 aliphatic rings. The zero-order valence-corrected chi connectivity index (χ0v) is 11.6. The molecule has 0 saturated carbocycles. The Hall–Kier alpha value is -2.09. The van der Waals surface area contributed by atoms with Crippen molar-refractivity contribution in [2.45, 2.75) is 23.0 Å².